The molecule has 0 amide bonds. The number of nitrogens with zero attached hydrogens (tertiary/aromatic N) is 2. The maximum Gasteiger partial charge on any atom is 0.243 e. The van der Waals surface area contributed by atoms with Crippen molar-refractivity contribution in [2.75, 3.05) is 12.0 Å². The lowest BCUT2D eigenvalue weighted by atomic mass is 10.2. The van der Waals surface area contributed by atoms with Crippen LogP contribution >= 0.6 is 23.1 Å². The predicted molar refractivity (Wildman–Crippen MR) is 71.4 cm³/mol. The Bertz CT molecular complexity index is 441. The van der Waals surface area contributed by atoms with E-state index in [-0.39, 0.29) is 6.04 Å². The first-order valence-corrected chi connectivity index (χ1v) is 7.66. The van der Waals surface area contributed by atoms with Crippen LogP contribution in [0.25, 0.3) is 0 Å². The Morgan fingerprint density at radius 3 is 3.18 bits per heavy atom. The summed E-state index contributed by atoms with van der Waals surface area (Å²) in [5.41, 5.74) is 5.96. The molecule has 0 aromatic carbocycles. The second-order valence-electron chi connectivity index (χ2n) is 3.69. The summed E-state index contributed by atoms with van der Waals surface area (Å²) in [5, 5.41) is 6.00. The van der Waals surface area contributed by atoms with Gasteiger partial charge in [-0.05, 0) is 29.9 Å². The molecule has 17 heavy (non-hydrogen) atoms. The maximum absolute atomic E-state index is 5.96. The Kier molecular flexibility index (Phi) is 4.58. The number of thiophene rings is 1. The van der Waals surface area contributed by atoms with E-state index in [0.29, 0.717) is 11.7 Å². The van der Waals surface area contributed by atoms with E-state index in [2.05, 4.69) is 22.5 Å². The van der Waals surface area contributed by atoms with Crippen molar-refractivity contribution < 1.29 is 4.52 Å². The average molecular weight is 269 g/mol. The third-order valence-corrected chi connectivity index (χ3v) is 3.87. The van der Waals surface area contributed by atoms with E-state index >= 15 is 0 Å². The SMILES string of the molecule is CSCCC(N)c1nc(Cc2cccs2)no1. The molecule has 2 aromatic rings. The number of nitrogens with two attached hydrogens (primary N) is 1. The van der Waals surface area contributed by atoms with E-state index in [1.54, 1.807) is 23.1 Å². The molecule has 6 heteroatoms. The summed E-state index contributed by atoms with van der Waals surface area (Å²) < 4.78 is 5.18. The minimum Gasteiger partial charge on any atom is -0.338 e. The van der Waals surface area contributed by atoms with Gasteiger partial charge in [-0.1, -0.05) is 11.2 Å². The van der Waals surface area contributed by atoms with Gasteiger partial charge in [-0.15, -0.1) is 11.3 Å². The zero-order valence-electron chi connectivity index (χ0n) is 9.63. The van der Waals surface area contributed by atoms with Crippen LogP contribution in [0.1, 0.15) is 29.1 Å². The highest BCUT2D eigenvalue weighted by atomic mass is 32.2. The van der Waals surface area contributed by atoms with Gasteiger partial charge >= 0.3 is 0 Å². The zero-order chi connectivity index (χ0) is 12.1. The summed E-state index contributed by atoms with van der Waals surface area (Å²) in [4.78, 5) is 5.56. The van der Waals surface area contributed by atoms with Crippen LogP contribution in [0, 0.1) is 0 Å². The van der Waals surface area contributed by atoms with Crippen molar-refractivity contribution in [2.45, 2.75) is 18.9 Å². The maximum atomic E-state index is 5.96. The second-order valence-corrected chi connectivity index (χ2v) is 5.71. The van der Waals surface area contributed by atoms with Crippen LogP contribution in [0.3, 0.4) is 0 Å². The quantitative estimate of drug-likeness (QED) is 0.872. The molecular formula is C11H15N3OS2. The molecule has 0 fully saturated rings. The molecule has 4 nitrogen and oxygen atoms in total. The fraction of sp³-hybridized carbons (Fsp3) is 0.455. The first-order chi connectivity index (χ1) is 8.29. The third-order valence-electron chi connectivity index (χ3n) is 2.35. The average Bonchev–Trinajstić information content (AvgIpc) is 2.98. The van der Waals surface area contributed by atoms with Crippen molar-refractivity contribution in [1.29, 1.82) is 0 Å². The molecule has 0 saturated carbocycles. The van der Waals surface area contributed by atoms with Crippen molar-refractivity contribution in [2.24, 2.45) is 5.73 Å². The van der Waals surface area contributed by atoms with Gasteiger partial charge in [-0.25, -0.2) is 0 Å². The first-order valence-electron chi connectivity index (χ1n) is 5.39. The zero-order valence-corrected chi connectivity index (χ0v) is 11.3. The summed E-state index contributed by atoms with van der Waals surface area (Å²) in [6.07, 6.45) is 3.64. The van der Waals surface area contributed by atoms with Crippen LogP contribution in [0.5, 0.6) is 0 Å². The smallest absolute Gasteiger partial charge is 0.243 e. The minimum absolute atomic E-state index is 0.146. The van der Waals surface area contributed by atoms with Gasteiger partial charge in [-0.2, -0.15) is 16.7 Å². The Hall–Kier alpha value is -0.850. The number of aromatic nitrogens is 2. The van der Waals surface area contributed by atoms with Crippen molar-refractivity contribution in [3.05, 3.63) is 34.1 Å². The van der Waals surface area contributed by atoms with Gasteiger partial charge in [-0.3, -0.25) is 0 Å². The fourth-order valence-electron chi connectivity index (χ4n) is 1.43. The van der Waals surface area contributed by atoms with Crippen LogP contribution in [0.15, 0.2) is 22.0 Å². The van der Waals surface area contributed by atoms with E-state index in [4.69, 9.17) is 10.3 Å². The summed E-state index contributed by atoms with van der Waals surface area (Å²) in [5.74, 6) is 2.26. The normalized spacial score (nSPS) is 12.8. The van der Waals surface area contributed by atoms with Crippen molar-refractivity contribution >= 4 is 23.1 Å². The minimum atomic E-state index is -0.146. The van der Waals surface area contributed by atoms with Crippen molar-refractivity contribution in [1.82, 2.24) is 10.1 Å². The molecule has 92 valence electrons. The standard InChI is InChI=1S/C11H15N3OS2/c1-16-6-4-9(12)11-13-10(14-15-11)7-8-3-2-5-17-8/h2-3,5,9H,4,6-7,12H2,1H3. The summed E-state index contributed by atoms with van der Waals surface area (Å²) in [7, 11) is 0. The van der Waals surface area contributed by atoms with Crippen LogP contribution in [-0.2, 0) is 6.42 Å². The van der Waals surface area contributed by atoms with Crippen molar-refractivity contribution in [3.8, 4) is 0 Å². The Morgan fingerprint density at radius 1 is 1.59 bits per heavy atom. The predicted octanol–water partition coefficient (Wildman–Crippen LogP) is 2.47. The highest BCUT2D eigenvalue weighted by Crippen LogP contribution is 2.17. The van der Waals surface area contributed by atoms with Crippen LogP contribution in [0.4, 0.5) is 0 Å². The lowest BCUT2D eigenvalue weighted by Gasteiger charge is -2.03. The van der Waals surface area contributed by atoms with Crippen LogP contribution in [0.2, 0.25) is 0 Å². The summed E-state index contributed by atoms with van der Waals surface area (Å²) in [6.45, 7) is 0. The van der Waals surface area contributed by atoms with Gasteiger partial charge in [0.15, 0.2) is 5.82 Å². The van der Waals surface area contributed by atoms with Gasteiger partial charge in [0.2, 0.25) is 5.89 Å². The number of hydrogen-bond donors (Lipinski definition) is 1. The number of hydrogen-bond acceptors (Lipinski definition) is 6. The molecule has 2 rings (SSSR count). The largest absolute Gasteiger partial charge is 0.338 e. The molecular weight excluding hydrogens is 254 g/mol. The first kappa shape index (κ1) is 12.6. The molecule has 0 spiro atoms. The summed E-state index contributed by atoms with van der Waals surface area (Å²) >= 11 is 3.46. The second kappa shape index (κ2) is 6.18. The molecule has 0 saturated heterocycles. The number of rotatable bonds is 6. The van der Waals surface area contributed by atoms with E-state index in [0.717, 1.165) is 18.6 Å². The van der Waals surface area contributed by atoms with Crippen LogP contribution in [-0.4, -0.2) is 22.1 Å². The lowest BCUT2D eigenvalue weighted by Crippen LogP contribution is -2.11. The Labute approximate surface area is 109 Å². The van der Waals surface area contributed by atoms with E-state index in [9.17, 15) is 0 Å². The van der Waals surface area contributed by atoms with E-state index in [1.807, 2.05) is 11.4 Å². The molecule has 2 N–H and O–H groups in total. The van der Waals surface area contributed by atoms with Gasteiger partial charge < -0.3 is 10.3 Å². The fourth-order valence-corrected chi connectivity index (χ4v) is 2.62. The summed E-state index contributed by atoms with van der Waals surface area (Å²) in [6, 6.07) is 3.94. The number of thioether (sulfide) groups is 1. The highest BCUT2D eigenvalue weighted by molar-refractivity contribution is 7.98. The van der Waals surface area contributed by atoms with Crippen LogP contribution < -0.4 is 5.73 Å². The molecule has 0 aliphatic carbocycles. The third kappa shape index (κ3) is 3.55. The van der Waals surface area contributed by atoms with E-state index < -0.39 is 0 Å². The van der Waals surface area contributed by atoms with Gasteiger partial charge in [0.1, 0.15) is 0 Å². The molecule has 1 atom stereocenters. The van der Waals surface area contributed by atoms with Gasteiger partial charge in [0, 0.05) is 11.3 Å². The van der Waals surface area contributed by atoms with E-state index in [1.165, 1.54) is 4.88 Å². The lowest BCUT2D eigenvalue weighted by molar-refractivity contribution is 0.349. The van der Waals surface area contributed by atoms with Crippen molar-refractivity contribution in [3.63, 3.8) is 0 Å². The molecule has 2 heterocycles. The Morgan fingerprint density at radius 2 is 2.47 bits per heavy atom. The molecule has 1 unspecified atom stereocenters. The monoisotopic (exact) mass is 269 g/mol. The molecule has 0 radical (unpaired) electrons. The molecule has 2 aromatic heterocycles. The highest BCUT2D eigenvalue weighted by Gasteiger charge is 2.14. The molecule has 0 bridgehead atoms. The Balaban J connectivity index is 1.95. The molecule has 0 aliphatic heterocycles. The van der Waals surface area contributed by atoms with Gasteiger partial charge in [0.05, 0.1) is 6.04 Å². The van der Waals surface area contributed by atoms with Gasteiger partial charge in [0.25, 0.3) is 0 Å². The topological polar surface area (TPSA) is 64.9 Å². The molecule has 0 aliphatic rings.